The maximum absolute atomic E-state index is 13.0. The van der Waals surface area contributed by atoms with Gasteiger partial charge in [0, 0.05) is 4.88 Å². The highest BCUT2D eigenvalue weighted by atomic mass is 127. The van der Waals surface area contributed by atoms with E-state index in [9.17, 15) is 4.79 Å². The third kappa shape index (κ3) is 3.95. The number of aryl methyl sites for hydroxylation is 2. The molecule has 0 N–H and O–H groups in total. The van der Waals surface area contributed by atoms with Gasteiger partial charge in [-0.1, -0.05) is 12.7 Å². The van der Waals surface area contributed by atoms with Crippen LogP contribution in [-0.4, -0.2) is 29.6 Å². The molecule has 0 fully saturated rings. The Hall–Kier alpha value is -2.20. The van der Waals surface area contributed by atoms with Gasteiger partial charge >= 0.3 is 0 Å². The summed E-state index contributed by atoms with van der Waals surface area (Å²) in [4.78, 5) is 19.6. The van der Waals surface area contributed by atoms with Gasteiger partial charge in [-0.25, -0.2) is 4.98 Å². The quantitative estimate of drug-likeness (QED) is 0.274. The number of benzene rings is 1. The minimum Gasteiger partial charge on any atom is -0.493 e. The van der Waals surface area contributed by atoms with Crippen molar-refractivity contribution < 1.29 is 9.47 Å². The fourth-order valence-corrected chi connectivity index (χ4v) is 5.45. The van der Waals surface area contributed by atoms with Crippen LogP contribution in [0.3, 0.4) is 0 Å². The van der Waals surface area contributed by atoms with Gasteiger partial charge in [-0.05, 0) is 71.5 Å². The van der Waals surface area contributed by atoms with Crippen molar-refractivity contribution in [3.63, 3.8) is 0 Å². The number of rotatable bonds is 6. The van der Waals surface area contributed by atoms with Crippen LogP contribution in [0.25, 0.3) is 10.2 Å². The maximum atomic E-state index is 13.0. The molecule has 0 radical (unpaired) electrons. The number of nitrogens with zero attached hydrogens (tertiary/aromatic N) is 3. The van der Waals surface area contributed by atoms with Crippen LogP contribution in [0.1, 0.15) is 28.8 Å². The molecule has 0 aliphatic heterocycles. The Kier molecular flexibility index (Phi) is 6.00. The van der Waals surface area contributed by atoms with Gasteiger partial charge < -0.3 is 9.47 Å². The van der Waals surface area contributed by atoms with Crippen LogP contribution in [0, 0.1) is 3.57 Å². The van der Waals surface area contributed by atoms with Crippen molar-refractivity contribution in [2.45, 2.75) is 25.7 Å². The Morgan fingerprint density at radius 1 is 1.38 bits per heavy atom. The lowest BCUT2D eigenvalue weighted by molar-refractivity contribution is 0.324. The first kappa shape index (κ1) is 20.1. The number of aromatic nitrogens is 2. The highest BCUT2D eigenvalue weighted by molar-refractivity contribution is 14.1. The van der Waals surface area contributed by atoms with Crippen LogP contribution in [-0.2, 0) is 12.8 Å². The third-order valence-corrected chi connectivity index (χ3v) is 6.79. The lowest BCUT2D eigenvalue weighted by Gasteiger charge is -2.12. The fraction of sp³-hybridized carbons (Fsp3) is 0.286. The van der Waals surface area contributed by atoms with Crippen LogP contribution in [0.4, 0.5) is 0 Å². The first-order chi connectivity index (χ1) is 14.1. The molecule has 8 heteroatoms. The largest absolute Gasteiger partial charge is 0.493 e. The third-order valence-electron chi connectivity index (χ3n) is 4.79. The van der Waals surface area contributed by atoms with Crippen molar-refractivity contribution >= 4 is 50.4 Å². The number of ether oxygens (including phenoxy) is 2. The molecule has 29 heavy (non-hydrogen) atoms. The van der Waals surface area contributed by atoms with Gasteiger partial charge in [0.2, 0.25) is 0 Å². The summed E-state index contributed by atoms with van der Waals surface area (Å²) in [6.45, 7) is 4.06. The molecule has 0 amide bonds. The van der Waals surface area contributed by atoms with Crippen LogP contribution < -0.4 is 15.0 Å². The summed E-state index contributed by atoms with van der Waals surface area (Å²) < 4.78 is 13.3. The molecule has 0 spiro atoms. The van der Waals surface area contributed by atoms with E-state index in [1.807, 2.05) is 12.1 Å². The smallest absolute Gasteiger partial charge is 0.282 e. The number of fused-ring (bicyclic) bond motifs is 3. The molecule has 2 heterocycles. The summed E-state index contributed by atoms with van der Waals surface area (Å²) in [5.41, 5.74) is 1.85. The van der Waals surface area contributed by atoms with E-state index in [1.54, 1.807) is 30.7 Å². The summed E-state index contributed by atoms with van der Waals surface area (Å²) in [6, 6.07) is 3.75. The van der Waals surface area contributed by atoms with Gasteiger partial charge in [0.25, 0.3) is 5.56 Å². The minimum atomic E-state index is -0.113. The second-order valence-corrected chi connectivity index (χ2v) is 8.91. The van der Waals surface area contributed by atoms with E-state index >= 15 is 0 Å². The Morgan fingerprint density at radius 3 is 3.00 bits per heavy atom. The summed E-state index contributed by atoms with van der Waals surface area (Å²) in [5.74, 6) is 1.27. The lowest BCUT2D eigenvalue weighted by Crippen LogP contribution is -2.18. The van der Waals surface area contributed by atoms with Crippen LogP contribution in [0.15, 0.2) is 41.0 Å². The Bertz CT molecular complexity index is 1170. The maximum Gasteiger partial charge on any atom is 0.282 e. The molecular weight excluding hydrogens is 501 g/mol. The van der Waals surface area contributed by atoms with Gasteiger partial charge in [-0.3, -0.25) is 4.79 Å². The van der Waals surface area contributed by atoms with Crippen molar-refractivity contribution in [2.75, 3.05) is 13.7 Å². The topological polar surface area (TPSA) is 65.7 Å². The minimum absolute atomic E-state index is 0.113. The first-order valence-corrected chi connectivity index (χ1v) is 11.2. The van der Waals surface area contributed by atoms with Gasteiger partial charge in [-0.15, -0.1) is 11.3 Å². The summed E-state index contributed by atoms with van der Waals surface area (Å²) in [5, 5.41) is 5.09. The SMILES string of the molecule is C=CCOc1c(I)cc(/C=N\n2cnc3sc4c(c3c2=O)CCCC4)cc1OC. The molecular formula is C21H20IN3O3S. The standard InChI is InChI=1S/C21H20IN3O3S/c1-3-8-28-19-15(22)9-13(10-16(19)27-2)11-24-25-12-23-20-18(21(25)26)14-6-4-5-7-17(14)29-20/h3,9-12H,1,4-8H2,2H3/b24-11-. The van der Waals surface area contributed by atoms with Crippen LogP contribution >= 0.6 is 33.9 Å². The molecule has 0 saturated carbocycles. The van der Waals surface area contributed by atoms with Gasteiger partial charge in [0.15, 0.2) is 11.5 Å². The first-order valence-electron chi connectivity index (χ1n) is 9.30. The van der Waals surface area contributed by atoms with E-state index < -0.39 is 0 Å². The lowest BCUT2D eigenvalue weighted by atomic mass is 9.97. The van der Waals surface area contributed by atoms with Gasteiger partial charge in [-0.2, -0.15) is 9.78 Å². The second kappa shape index (κ2) is 8.66. The molecule has 0 bridgehead atoms. The number of hydrogen-bond acceptors (Lipinski definition) is 6. The molecule has 4 rings (SSSR count). The van der Waals surface area contributed by atoms with Gasteiger partial charge in [0.05, 0.1) is 22.3 Å². The zero-order chi connectivity index (χ0) is 20.4. The van der Waals surface area contributed by atoms with Crippen LogP contribution in [0.5, 0.6) is 11.5 Å². The molecule has 1 aromatic carbocycles. The molecule has 150 valence electrons. The molecule has 1 aliphatic rings. The fourth-order valence-electron chi connectivity index (χ4n) is 3.44. The highest BCUT2D eigenvalue weighted by Gasteiger charge is 2.20. The zero-order valence-corrected chi connectivity index (χ0v) is 19.0. The zero-order valence-electron chi connectivity index (χ0n) is 16.0. The molecule has 6 nitrogen and oxygen atoms in total. The van der Waals surface area contributed by atoms with E-state index in [0.29, 0.717) is 18.1 Å². The number of methoxy groups -OCH3 is 1. The number of thiophene rings is 1. The van der Waals surface area contributed by atoms with E-state index in [0.717, 1.165) is 38.6 Å². The summed E-state index contributed by atoms with van der Waals surface area (Å²) in [6.07, 6.45) is 9.10. The molecule has 0 saturated heterocycles. The highest BCUT2D eigenvalue weighted by Crippen LogP contribution is 2.34. The van der Waals surface area contributed by atoms with Crippen molar-refractivity contribution in [1.29, 1.82) is 0 Å². The predicted octanol–water partition coefficient (Wildman–Crippen LogP) is 4.40. The second-order valence-electron chi connectivity index (χ2n) is 6.66. The van der Waals surface area contributed by atoms with Crippen molar-refractivity contribution in [1.82, 2.24) is 9.66 Å². The molecule has 0 unspecified atom stereocenters. The molecule has 2 aromatic heterocycles. The average molecular weight is 521 g/mol. The van der Waals surface area contributed by atoms with E-state index in [-0.39, 0.29) is 5.56 Å². The van der Waals surface area contributed by atoms with Gasteiger partial charge in [0.1, 0.15) is 17.8 Å². The number of halogens is 1. The van der Waals surface area contributed by atoms with Crippen molar-refractivity contribution in [3.8, 4) is 11.5 Å². The average Bonchev–Trinajstić information content (AvgIpc) is 3.11. The number of hydrogen-bond donors (Lipinski definition) is 0. The van der Waals surface area contributed by atoms with E-state index in [4.69, 9.17) is 9.47 Å². The van der Waals surface area contributed by atoms with Crippen molar-refractivity contribution in [3.05, 3.63) is 61.0 Å². The van der Waals surface area contributed by atoms with Crippen molar-refractivity contribution in [2.24, 2.45) is 5.10 Å². The Balaban J connectivity index is 1.70. The summed E-state index contributed by atoms with van der Waals surface area (Å²) >= 11 is 3.83. The predicted molar refractivity (Wildman–Crippen MR) is 125 cm³/mol. The summed E-state index contributed by atoms with van der Waals surface area (Å²) in [7, 11) is 1.59. The Morgan fingerprint density at radius 2 is 2.21 bits per heavy atom. The molecule has 3 aromatic rings. The van der Waals surface area contributed by atoms with E-state index in [2.05, 4.69) is 39.3 Å². The Labute approximate surface area is 186 Å². The van der Waals surface area contributed by atoms with Crippen LogP contribution in [0.2, 0.25) is 0 Å². The molecule has 0 atom stereocenters. The molecule has 1 aliphatic carbocycles. The monoisotopic (exact) mass is 521 g/mol. The normalized spacial score (nSPS) is 13.6. The van der Waals surface area contributed by atoms with E-state index in [1.165, 1.54) is 27.9 Å².